The summed E-state index contributed by atoms with van der Waals surface area (Å²) in [5.74, 6) is -0.0920. The predicted molar refractivity (Wildman–Crippen MR) is 138 cm³/mol. The van der Waals surface area contributed by atoms with Crippen molar-refractivity contribution in [1.82, 2.24) is 14.8 Å². The first-order valence-electron chi connectivity index (χ1n) is 13.0. The van der Waals surface area contributed by atoms with Crippen molar-refractivity contribution in [2.24, 2.45) is 0 Å². The molecule has 2 aliphatic rings. The lowest BCUT2D eigenvalue weighted by atomic mass is 9.84. The lowest BCUT2D eigenvalue weighted by Crippen LogP contribution is -2.56. The van der Waals surface area contributed by atoms with Crippen LogP contribution in [-0.2, 0) is 12.4 Å². The third kappa shape index (κ3) is 6.09. The van der Waals surface area contributed by atoms with Gasteiger partial charge in [0.15, 0.2) is 0 Å². The summed E-state index contributed by atoms with van der Waals surface area (Å²) in [6.07, 6.45) is -7.75. The van der Waals surface area contributed by atoms with E-state index in [-0.39, 0.29) is 31.1 Å². The van der Waals surface area contributed by atoms with Crippen molar-refractivity contribution in [3.63, 3.8) is 0 Å². The maximum absolute atomic E-state index is 13.4. The second-order valence-corrected chi connectivity index (χ2v) is 10.1. The number of piperidine rings is 1. The van der Waals surface area contributed by atoms with E-state index in [0.29, 0.717) is 18.6 Å². The molecule has 2 atom stereocenters. The second-order valence-electron chi connectivity index (χ2n) is 10.1. The summed E-state index contributed by atoms with van der Waals surface area (Å²) >= 11 is 0. The van der Waals surface area contributed by atoms with E-state index < -0.39 is 35.0 Å². The molecule has 1 amide bonds. The highest BCUT2D eigenvalue weighted by molar-refractivity contribution is 5.95. The maximum Gasteiger partial charge on any atom is 0.416 e. The first-order valence-corrected chi connectivity index (χ1v) is 13.0. The molecule has 0 N–H and O–H groups in total. The third-order valence-corrected chi connectivity index (χ3v) is 7.68. The average molecular weight is 563 g/mol. The number of likely N-dealkylation sites (tertiary alicyclic amines) is 1. The first kappa shape index (κ1) is 27.9. The highest BCUT2D eigenvalue weighted by atomic mass is 19.4. The van der Waals surface area contributed by atoms with Gasteiger partial charge in [-0.15, -0.1) is 0 Å². The summed E-state index contributed by atoms with van der Waals surface area (Å²) in [6.45, 7) is 3.48. The molecule has 0 unspecified atom stereocenters. The van der Waals surface area contributed by atoms with E-state index in [9.17, 15) is 31.1 Å². The van der Waals surface area contributed by atoms with Crippen molar-refractivity contribution in [3.8, 4) is 0 Å². The number of aromatic nitrogens is 1. The van der Waals surface area contributed by atoms with Gasteiger partial charge < -0.3 is 9.80 Å². The van der Waals surface area contributed by atoms with Crippen molar-refractivity contribution < 1.29 is 31.1 Å². The van der Waals surface area contributed by atoms with Crippen molar-refractivity contribution >= 4 is 11.7 Å². The van der Waals surface area contributed by atoms with E-state index in [4.69, 9.17) is 0 Å². The van der Waals surface area contributed by atoms with Crippen LogP contribution >= 0.6 is 0 Å². The van der Waals surface area contributed by atoms with Crippen LogP contribution in [0.4, 0.5) is 32.2 Å². The summed E-state index contributed by atoms with van der Waals surface area (Å²) < 4.78 is 80.5. The fourth-order valence-electron chi connectivity index (χ4n) is 5.67. The van der Waals surface area contributed by atoms with Crippen LogP contribution in [0.2, 0.25) is 0 Å². The van der Waals surface area contributed by atoms with E-state index in [1.165, 1.54) is 4.90 Å². The van der Waals surface area contributed by atoms with Gasteiger partial charge in [-0.2, -0.15) is 26.3 Å². The molecule has 5 rings (SSSR count). The Labute approximate surface area is 228 Å². The van der Waals surface area contributed by atoms with Crippen LogP contribution in [0, 0.1) is 0 Å². The number of anilines is 1. The predicted octanol–water partition coefficient (Wildman–Crippen LogP) is 5.94. The lowest BCUT2D eigenvalue weighted by molar-refractivity contribution is -0.143. The molecule has 2 fully saturated rings. The molecule has 40 heavy (non-hydrogen) atoms. The number of benzene rings is 2. The standard InChI is InChI=1S/C29H28F6N4O/c30-28(31,32)22-16-21(17-23(18-22)29(33,34)35)27(40)39-11-9-25(24(19-39)20-6-2-1-3-7-20)37-12-14-38(15-13-37)26-8-4-5-10-36-26/h1-8,10,16-18,24-25H,9,11-15,19H2/t24-,25-/m1/s1. The van der Waals surface area contributed by atoms with Crippen LogP contribution < -0.4 is 4.90 Å². The van der Waals surface area contributed by atoms with Crippen LogP contribution in [0.25, 0.3) is 0 Å². The SMILES string of the molecule is O=C(c1cc(C(F)(F)F)cc(C(F)(F)F)c1)N1CC[C@@H](N2CCN(c3ccccn3)CC2)[C@@H](c2ccccc2)C1. The third-order valence-electron chi connectivity index (χ3n) is 7.68. The molecule has 2 saturated heterocycles. The van der Waals surface area contributed by atoms with E-state index in [2.05, 4.69) is 14.8 Å². The summed E-state index contributed by atoms with van der Waals surface area (Å²) in [5, 5.41) is 0. The van der Waals surface area contributed by atoms with E-state index in [0.717, 1.165) is 37.6 Å². The summed E-state index contributed by atoms with van der Waals surface area (Å²) in [6, 6.07) is 16.4. The van der Waals surface area contributed by atoms with Gasteiger partial charge >= 0.3 is 12.4 Å². The Bertz CT molecular complexity index is 1280. The molecule has 5 nitrogen and oxygen atoms in total. The van der Waals surface area contributed by atoms with Gasteiger partial charge in [0.05, 0.1) is 11.1 Å². The number of rotatable bonds is 4. The Hall–Kier alpha value is -3.60. The molecule has 1 aromatic heterocycles. The molecule has 3 aromatic rings. The Morgan fingerprint density at radius 1 is 0.775 bits per heavy atom. The van der Waals surface area contributed by atoms with Crippen LogP contribution in [0.1, 0.15) is 39.4 Å². The minimum atomic E-state index is -5.02. The Kier molecular flexibility index (Phi) is 7.76. The number of alkyl halides is 6. The quantitative estimate of drug-likeness (QED) is 0.369. The largest absolute Gasteiger partial charge is 0.416 e. The molecular weight excluding hydrogens is 534 g/mol. The highest BCUT2D eigenvalue weighted by Crippen LogP contribution is 2.38. The molecule has 2 aromatic carbocycles. The Morgan fingerprint density at radius 2 is 1.40 bits per heavy atom. The number of piperazine rings is 1. The lowest BCUT2D eigenvalue weighted by Gasteiger charge is -2.47. The monoisotopic (exact) mass is 562 g/mol. The molecule has 0 radical (unpaired) electrons. The van der Waals surface area contributed by atoms with Crippen LogP contribution in [-0.4, -0.2) is 66.0 Å². The maximum atomic E-state index is 13.4. The Morgan fingerprint density at radius 3 is 1.98 bits per heavy atom. The molecule has 0 aliphatic carbocycles. The number of hydrogen-bond donors (Lipinski definition) is 0. The van der Waals surface area contributed by atoms with E-state index in [1.807, 2.05) is 48.5 Å². The molecule has 11 heteroatoms. The smallest absolute Gasteiger partial charge is 0.354 e. The van der Waals surface area contributed by atoms with Crippen molar-refractivity contribution in [2.75, 3.05) is 44.2 Å². The first-order chi connectivity index (χ1) is 19.0. The summed E-state index contributed by atoms with van der Waals surface area (Å²) in [7, 11) is 0. The molecule has 212 valence electrons. The fraction of sp³-hybridized carbons (Fsp3) is 0.379. The highest BCUT2D eigenvalue weighted by Gasteiger charge is 2.40. The molecule has 3 heterocycles. The van der Waals surface area contributed by atoms with Gasteiger partial charge in [-0.3, -0.25) is 9.69 Å². The van der Waals surface area contributed by atoms with Gasteiger partial charge in [-0.25, -0.2) is 4.98 Å². The molecule has 0 spiro atoms. The molecular formula is C29H28F6N4O. The molecule has 2 aliphatic heterocycles. The number of pyridine rings is 1. The Balaban J connectivity index is 1.37. The van der Waals surface area contributed by atoms with Gasteiger partial charge in [0.1, 0.15) is 5.82 Å². The number of carbonyl (C=O) groups is 1. The number of hydrogen-bond acceptors (Lipinski definition) is 4. The van der Waals surface area contributed by atoms with Gasteiger partial charge in [-0.05, 0) is 42.3 Å². The molecule has 0 bridgehead atoms. The average Bonchev–Trinajstić information content (AvgIpc) is 2.96. The van der Waals surface area contributed by atoms with Gasteiger partial charge in [-0.1, -0.05) is 36.4 Å². The summed E-state index contributed by atoms with van der Waals surface area (Å²) in [5.41, 5.74) is -2.63. The summed E-state index contributed by atoms with van der Waals surface area (Å²) in [4.78, 5) is 23.8. The number of amides is 1. The topological polar surface area (TPSA) is 39.7 Å². The van der Waals surface area contributed by atoms with E-state index >= 15 is 0 Å². The number of carbonyl (C=O) groups excluding carboxylic acids is 1. The van der Waals surface area contributed by atoms with Crippen molar-refractivity contribution in [1.29, 1.82) is 0 Å². The zero-order valence-corrected chi connectivity index (χ0v) is 21.5. The van der Waals surface area contributed by atoms with Crippen molar-refractivity contribution in [3.05, 3.63) is 95.2 Å². The fourth-order valence-corrected chi connectivity index (χ4v) is 5.67. The van der Waals surface area contributed by atoms with Crippen LogP contribution in [0.3, 0.4) is 0 Å². The minimum Gasteiger partial charge on any atom is -0.354 e. The minimum absolute atomic E-state index is 0.0421. The zero-order chi connectivity index (χ0) is 28.5. The normalized spacial score (nSPS) is 20.9. The van der Waals surface area contributed by atoms with Crippen LogP contribution in [0.15, 0.2) is 72.9 Å². The van der Waals surface area contributed by atoms with Gasteiger partial charge in [0.2, 0.25) is 0 Å². The number of nitrogens with zero attached hydrogens (tertiary/aromatic N) is 4. The second kappa shape index (κ2) is 11.1. The van der Waals surface area contributed by atoms with Crippen LogP contribution in [0.5, 0.6) is 0 Å². The molecule has 0 saturated carbocycles. The zero-order valence-electron chi connectivity index (χ0n) is 21.5. The van der Waals surface area contributed by atoms with Crippen molar-refractivity contribution in [2.45, 2.75) is 30.7 Å². The van der Waals surface area contributed by atoms with E-state index in [1.54, 1.807) is 6.20 Å². The van der Waals surface area contributed by atoms with Gasteiger partial charge in [0, 0.05) is 63.0 Å². The van der Waals surface area contributed by atoms with Gasteiger partial charge in [0.25, 0.3) is 5.91 Å². The number of halogens is 6.